The molecule has 150 valence electrons. The van der Waals surface area contributed by atoms with E-state index in [0.717, 1.165) is 37.1 Å². The average molecular weight is 377 g/mol. The van der Waals surface area contributed by atoms with Crippen LogP contribution in [-0.4, -0.2) is 58.5 Å². The molecule has 1 aliphatic heterocycles. The van der Waals surface area contributed by atoms with Crippen molar-refractivity contribution < 1.29 is 14.1 Å². The first-order chi connectivity index (χ1) is 13.0. The summed E-state index contributed by atoms with van der Waals surface area (Å²) in [5.41, 5.74) is 0.835. The monoisotopic (exact) mass is 376 g/mol. The standard InChI is InChI=1S/C20H32N4O3/c1-4-23(5-2)20(26)18-11-16(21-19(25)15-8-6-7-9-15)12-24(18)13-17-10-14(3)22-27-17/h10,15-16,18H,4-9,11-13H2,1-3H3,(H,21,25)/t16-,18-/m0/s1. The zero-order valence-electron chi connectivity index (χ0n) is 16.7. The lowest BCUT2D eigenvalue weighted by molar-refractivity contribution is -0.136. The molecule has 2 amide bonds. The molecule has 3 rings (SSSR count). The lowest BCUT2D eigenvalue weighted by Crippen LogP contribution is -2.45. The van der Waals surface area contributed by atoms with Gasteiger partial charge in [0.2, 0.25) is 11.8 Å². The molecule has 1 saturated carbocycles. The smallest absolute Gasteiger partial charge is 0.240 e. The van der Waals surface area contributed by atoms with Crippen molar-refractivity contribution in [1.29, 1.82) is 0 Å². The normalized spacial score (nSPS) is 23.7. The van der Waals surface area contributed by atoms with E-state index in [1.54, 1.807) is 0 Å². The highest BCUT2D eigenvalue weighted by Crippen LogP contribution is 2.27. The summed E-state index contributed by atoms with van der Waals surface area (Å²) in [6, 6.07) is 1.68. The Hall–Kier alpha value is -1.89. The number of likely N-dealkylation sites (tertiary alicyclic amines) is 1. The van der Waals surface area contributed by atoms with Crippen LogP contribution in [0.1, 0.15) is 57.4 Å². The Morgan fingerprint density at radius 1 is 1.30 bits per heavy atom. The molecule has 0 spiro atoms. The van der Waals surface area contributed by atoms with Crippen molar-refractivity contribution in [2.24, 2.45) is 5.92 Å². The van der Waals surface area contributed by atoms with E-state index in [4.69, 9.17) is 4.52 Å². The first-order valence-corrected chi connectivity index (χ1v) is 10.3. The quantitative estimate of drug-likeness (QED) is 0.788. The number of likely N-dealkylation sites (N-methyl/N-ethyl adjacent to an activating group) is 1. The highest BCUT2D eigenvalue weighted by atomic mass is 16.5. The third-order valence-electron chi connectivity index (χ3n) is 5.87. The Labute approximate surface area is 161 Å². The zero-order chi connectivity index (χ0) is 19.4. The topological polar surface area (TPSA) is 78.7 Å². The van der Waals surface area contributed by atoms with Crippen LogP contribution >= 0.6 is 0 Å². The van der Waals surface area contributed by atoms with Gasteiger partial charge < -0.3 is 14.7 Å². The van der Waals surface area contributed by atoms with Crippen LogP contribution in [0.25, 0.3) is 0 Å². The Balaban J connectivity index is 1.69. The van der Waals surface area contributed by atoms with Crippen LogP contribution in [0.4, 0.5) is 0 Å². The Kier molecular flexibility index (Phi) is 6.52. The van der Waals surface area contributed by atoms with Gasteiger partial charge in [-0.05, 0) is 40.0 Å². The summed E-state index contributed by atoms with van der Waals surface area (Å²) in [4.78, 5) is 29.6. The van der Waals surface area contributed by atoms with Gasteiger partial charge in [-0.3, -0.25) is 14.5 Å². The Morgan fingerprint density at radius 2 is 2.00 bits per heavy atom. The number of carbonyl (C=O) groups is 2. The SMILES string of the molecule is CCN(CC)C(=O)[C@@H]1C[C@H](NC(=O)C2CCCC2)CN1Cc1cc(C)no1. The lowest BCUT2D eigenvalue weighted by atomic mass is 10.1. The molecule has 2 fully saturated rings. The van der Waals surface area contributed by atoms with Gasteiger partial charge in [0, 0.05) is 37.7 Å². The number of nitrogens with one attached hydrogen (secondary N) is 1. The van der Waals surface area contributed by atoms with Crippen molar-refractivity contribution in [1.82, 2.24) is 20.3 Å². The molecule has 1 aliphatic carbocycles. The summed E-state index contributed by atoms with van der Waals surface area (Å²) in [5, 5.41) is 7.15. The summed E-state index contributed by atoms with van der Waals surface area (Å²) < 4.78 is 5.36. The number of hydrogen-bond donors (Lipinski definition) is 1. The van der Waals surface area contributed by atoms with Crippen molar-refractivity contribution in [3.63, 3.8) is 0 Å². The van der Waals surface area contributed by atoms with E-state index in [9.17, 15) is 9.59 Å². The molecule has 0 bridgehead atoms. The maximum atomic E-state index is 13.0. The molecule has 1 aromatic heterocycles. The fourth-order valence-electron chi connectivity index (χ4n) is 4.38. The molecular formula is C20H32N4O3. The summed E-state index contributed by atoms with van der Waals surface area (Å²) in [7, 11) is 0. The van der Waals surface area contributed by atoms with Crippen LogP contribution < -0.4 is 5.32 Å². The Morgan fingerprint density at radius 3 is 2.59 bits per heavy atom. The number of rotatable bonds is 7. The Bertz CT molecular complexity index is 649. The minimum Gasteiger partial charge on any atom is -0.360 e. The van der Waals surface area contributed by atoms with Crippen LogP contribution in [0.15, 0.2) is 10.6 Å². The van der Waals surface area contributed by atoms with Gasteiger partial charge in [0.1, 0.15) is 0 Å². The van der Waals surface area contributed by atoms with Crippen LogP contribution in [0.5, 0.6) is 0 Å². The van der Waals surface area contributed by atoms with E-state index < -0.39 is 0 Å². The van der Waals surface area contributed by atoms with E-state index >= 15 is 0 Å². The molecule has 1 aromatic rings. The first kappa shape index (κ1) is 19.9. The zero-order valence-corrected chi connectivity index (χ0v) is 16.7. The molecule has 1 N–H and O–H groups in total. The average Bonchev–Trinajstić information content (AvgIpc) is 3.38. The van der Waals surface area contributed by atoms with E-state index in [0.29, 0.717) is 32.6 Å². The van der Waals surface area contributed by atoms with Gasteiger partial charge in [0.05, 0.1) is 18.3 Å². The maximum absolute atomic E-state index is 13.0. The molecular weight excluding hydrogens is 344 g/mol. The van der Waals surface area contributed by atoms with Gasteiger partial charge in [-0.1, -0.05) is 18.0 Å². The largest absolute Gasteiger partial charge is 0.360 e. The minimum atomic E-state index is -0.232. The molecule has 2 aliphatic rings. The maximum Gasteiger partial charge on any atom is 0.240 e. The van der Waals surface area contributed by atoms with Crippen molar-refractivity contribution in [2.45, 2.75) is 71.5 Å². The molecule has 0 radical (unpaired) electrons. The summed E-state index contributed by atoms with van der Waals surface area (Å²) in [5.74, 6) is 1.19. The summed E-state index contributed by atoms with van der Waals surface area (Å²) >= 11 is 0. The summed E-state index contributed by atoms with van der Waals surface area (Å²) in [6.45, 7) is 8.48. The number of amides is 2. The number of carbonyl (C=O) groups excluding carboxylic acids is 2. The van der Waals surface area contributed by atoms with Gasteiger partial charge in [0.25, 0.3) is 0 Å². The predicted octanol–water partition coefficient (Wildman–Crippen LogP) is 2.10. The second-order valence-electron chi connectivity index (χ2n) is 7.81. The van der Waals surface area contributed by atoms with Gasteiger partial charge >= 0.3 is 0 Å². The third kappa shape index (κ3) is 4.69. The van der Waals surface area contributed by atoms with Crippen molar-refractivity contribution in [3.8, 4) is 0 Å². The first-order valence-electron chi connectivity index (χ1n) is 10.3. The molecule has 1 saturated heterocycles. The molecule has 7 heteroatoms. The van der Waals surface area contributed by atoms with Crippen LogP contribution in [-0.2, 0) is 16.1 Å². The van der Waals surface area contributed by atoms with Gasteiger partial charge in [0.15, 0.2) is 5.76 Å². The second kappa shape index (κ2) is 8.87. The van der Waals surface area contributed by atoms with E-state index in [1.165, 1.54) is 0 Å². The van der Waals surface area contributed by atoms with Crippen molar-refractivity contribution in [3.05, 3.63) is 17.5 Å². The molecule has 7 nitrogen and oxygen atoms in total. The lowest BCUT2D eigenvalue weighted by Gasteiger charge is -2.28. The second-order valence-corrected chi connectivity index (χ2v) is 7.81. The number of aromatic nitrogens is 1. The molecule has 2 atom stereocenters. The van der Waals surface area contributed by atoms with Crippen LogP contribution in [0.2, 0.25) is 0 Å². The number of aryl methyl sites for hydroxylation is 1. The minimum absolute atomic E-state index is 0.00614. The van der Waals surface area contributed by atoms with Crippen molar-refractivity contribution >= 4 is 11.8 Å². The highest BCUT2D eigenvalue weighted by Gasteiger charge is 2.40. The van der Waals surface area contributed by atoms with Crippen molar-refractivity contribution in [2.75, 3.05) is 19.6 Å². The number of hydrogen-bond acceptors (Lipinski definition) is 5. The fourth-order valence-corrected chi connectivity index (χ4v) is 4.38. The van der Waals surface area contributed by atoms with E-state index in [-0.39, 0.29) is 29.8 Å². The highest BCUT2D eigenvalue weighted by molar-refractivity contribution is 5.83. The molecule has 0 aromatic carbocycles. The predicted molar refractivity (Wildman–Crippen MR) is 102 cm³/mol. The van der Waals surface area contributed by atoms with Gasteiger partial charge in [-0.25, -0.2) is 0 Å². The summed E-state index contributed by atoms with van der Waals surface area (Å²) in [6.07, 6.45) is 4.91. The molecule has 0 unspecified atom stereocenters. The fraction of sp³-hybridized carbons (Fsp3) is 0.750. The number of nitrogens with zero attached hydrogens (tertiary/aromatic N) is 3. The third-order valence-corrected chi connectivity index (χ3v) is 5.87. The van der Waals surface area contributed by atoms with Gasteiger partial charge in [-0.2, -0.15) is 0 Å². The molecule has 27 heavy (non-hydrogen) atoms. The molecule has 2 heterocycles. The van der Waals surface area contributed by atoms with Gasteiger partial charge in [-0.15, -0.1) is 0 Å². The van der Waals surface area contributed by atoms with Crippen LogP contribution in [0.3, 0.4) is 0 Å². The van der Waals surface area contributed by atoms with Crippen LogP contribution in [0, 0.1) is 12.8 Å². The van der Waals surface area contributed by atoms with E-state index in [2.05, 4.69) is 15.4 Å². The van der Waals surface area contributed by atoms with E-state index in [1.807, 2.05) is 31.7 Å².